The third-order valence-corrected chi connectivity index (χ3v) is 16.9. The summed E-state index contributed by atoms with van der Waals surface area (Å²) in [5.41, 5.74) is 33.1. The standard InChI is InChI=1S/C36H51N7O8.C17H15NO4.C12H23N5O4.C9H13NO5.C7H11NO3.C4H10N4O.C4H6O3.2C2H2F2O2/c1-24(2)20-29(40-25(3)44)34(47)41-30(21-26-12-14-28(15-13-26)50-23-27-10-8-7-9-11-27)35(48)42-31(22-32(45)51-36(4,5)6)33(46)38-16-18-49-19-17-39-43-37;19-16-15(18-17(20)22-16)10-12-6-8-14(9-7-12)21-11-13-4-2-1-3-5-13;1-12(2,3)21-10(18)8-9(13)11(19)15-4-6-20-7-5-16-17-14;1-9(2,3)15-6(11)4-5-7(12)14-8(13)10-5;1-4(2)3-5-6(9)11-7(10)8-5;5-1-3-9-4-2-7-8-6;1-3(5)7-4(2)6;2*3-1(4)2(5)6/h7-15,24,29-31H,16-23H2,1-6H3,(H,38,46)(H,40,44)(H,41,47)(H,42,48);1-9,15H,10-11H2,(H,18,20);9H,4-8,13H2,1-3H3,(H,15,19);5H,4H2,1-3H3,(H,10,13);4-5H,3H2,1-2H3,(H,8,10);1-5H2;1-2H3;2*1H,(H,5,6)/t29-,30+,31+;15-;9-;2*5-;;;;/m10001..../s1. The quantitative estimate of drug-likeness (QED) is 0.00428. The van der Waals surface area contributed by atoms with E-state index in [1.165, 1.54) is 20.8 Å². The number of carbonyl (C=O) groups is 18. The van der Waals surface area contributed by atoms with Gasteiger partial charge in [-0.2, -0.15) is 0 Å². The second-order valence-electron chi connectivity index (χ2n) is 34.6. The first-order valence-corrected chi connectivity index (χ1v) is 45.5. The van der Waals surface area contributed by atoms with E-state index in [1.54, 1.807) is 86.6 Å². The molecule has 3 heterocycles. The number of azide groups is 3. The molecule has 0 saturated carbocycles. The molecule has 0 radical (unpaired) electrons. The zero-order chi connectivity index (χ0) is 113. The van der Waals surface area contributed by atoms with E-state index in [9.17, 15) is 94.3 Å². The van der Waals surface area contributed by atoms with Crippen LogP contribution in [0.2, 0.25) is 0 Å². The number of esters is 8. The molecule has 55 heteroatoms. The van der Waals surface area contributed by atoms with Crippen molar-refractivity contribution >= 4 is 108 Å². The summed E-state index contributed by atoms with van der Waals surface area (Å²) in [5, 5.41) is 48.0. The molecule has 51 nitrogen and oxygen atoms in total. The Hall–Kier alpha value is -15.4. The van der Waals surface area contributed by atoms with E-state index in [1.807, 2.05) is 113 Å². The number of carboxylic acid groups (broad SMARTS) is 2. The van der Waals surface area contributed by atoms with Crippen LogP contribution in [-0.4, -0.2) is 258 Å². The fourth-order valence-electron chi connectivity index (χ4n) is 11.0. The minimum Gasteiger partial charge on any atom is -0.544 e. The van der Waals surface area contributed by atoms with Gasteiger partial charge in [0.05, 0.1) is 59.0 Å². The van der Waals surface area contributed by atoms with Crippen LogP contribution in [0.3, 0.4) is 0 Å². The zero-order valence-corrected chi connectivity index (χ0v) is 85.1. The first-order valence-electron chi connectivity index (χ1n) is 45.5. The molecule has 7 atom stereocenters. The van der Waals surface area contributed by atoms with Crippen LogP contribution in [0.1, 0.15) is 165 Å². The van der Waals surface area contributed by atoms with Crippen molar-refractivity contribution in [1.82, 2.24) is 42.5 Å². The largest absolute Gasteiger partial charge is 0.544 e. The topological polar surface area (TPSA) is 762 Å². The first kappa shape index (κ1) is 135. The van der Waals surface area contributed by atoms with Crippen molar-refractivity contribution in [3.8, 4) is 11.5 Å². The number of hydrogen-bond donors (Lipinski definition) is 10. The van der Waals surface area contributed by atoms with Crippen LogP contribution >= 0.6 is 0 Å². The highest BCUT2D eigenvalue weighted by atomic mass is 19.3. The summed E-state index contributed by atoms with van der Waals surface area (Å²) in [6.07, 6.45) is -8.19. The SMILES string of the molecule is CC(=O)N[C@H](CC(C)C)C(=O)N[C@@H](Cc1ccc(OCc2ccccc2)cc1)C(=O)N[C@@H](CC(=O)OC(C)(C)C)C(=O)NCCOCCN=[N+]=[N-].CC(=O)OC(C)=O.CC(C)(C)OC(=O)C[C@@H]1NC(=O)OC1=O.CC(C)(C)OC(=O)C[C@H]([NH3+])C(=O)NCCOCCN=[N+]=[N-].CC(C)C[C@H]1NC(=O)OC1=O.O=C([O-])C(F)F.O=C([O-])C(F)F.O=C1N[C@@H](Cc2ccc(OCc3ccccc3)cc2)C(=O)O1.[N-]=[N+]=NCCOCC[NH3+]. The lowest BCUT2D eigenvalue weighted by Gasteiger charge is -2.26. The van der Waals surface area contributed by atoms with Crippen LogP contribution in [0.4, 0.5) is 31.9 Å². The fraction of sp³-hybridized carbons (Fsp3) is 0.548. The molecule has 0 spiro atoms. The highest BCUT2D eigenvalue weighted by Gasteiger charge is 2.38. The maximum absolute atomic E-state index is 13.9. The maximum atomic E-state index is 13.9. The van der Waals surface area contributed by atoms with Crippen LogP contribution in [0.5, 0.6) is 11.5 Å². The van der Waals surface area contributed by atoms with Gasteiger partial charge in [0.25, 0.3) is 18.8 Å². The molecule has 14 N–H and O–H groups in total. The van der Waals surface area contributed by atoms with Gasteiger partial charge < -0.3 is 131 Å². The highest BCUT2D eigenvalue weighted by Crippen LogP contribution is 2.21. The number of rotatable bonds is 46. The lowest BCUT2D eigenvalue weighted by atomic mass is 10.0. The Morgan fingerprint density at radius 3 is 1.17 bits per heavy atom. The van der Waals surface area contributed by atoms with Crippen LogP contribution in [0.25, 0.3) is 31.3 Å². The number of aliphatic carboxylic acids is 2. The summed E-state index contributed by atoms with van der Waals surface area (Å²) in [7, 11) is 0. The Balaban J connectivity index is 0. The molecule has 148 heavy (non-hydrogen) atoms. The number of ether oxygens (including phenoxy) is 12. The molecular formula is C93H133F4N19O32. The number of quaternary nitrogens is 2. The molecule has 3 fully saturated rings. The van der Waals surface area contributed by atoms with Crippen molar-refractivity contribution in [2.45, 2.75) is 241 Å². The zero-order valence-electron chi connectivity index (χ0n) is 85.1. The molecule has 0 aromatic heterocycles. The van der Waals surface area contributed by atoms with Gasteiger partial charge in [0, 0.05) is 81.1 Å². The summed E-state index contributed by atoms with van der Waals surface area (Å²) in [5.74, 6) is -10.2. The van der Waals surface area contributed by atoms with Gasteiger partial charge in [0.15, 0.2) is 6.04 Å². The molecular weight excluding hydrogens is 1970 g/mol. The Bertz CT molecular complexity index is 4950. The third-order valence-electron chi connectivity index (χ3n) is 16.9. The molecule has 820 valence electrons. The number of alkyl halides is 4. The molecule has 3 aliphatic rings. The number of nitrogens with zero attached hydrogens (tertiary/aromatic N) is 9. The summed E-state index contributed by atoms with van der Waals surface area (Å²) >= 11 is 0. The van der Waals surface area contributed by atoms with Crippen molar-refractivity contribution in [1.29, 1.82) is 0 Å². The van der Waals surface area contributed by atoms with Crippen molar-refractivity contribution in [2.24, 2.45) is 27.2 Å². The molecule has 7 rings (SSSR count). The Labute approximate surface area is 850 Å². The summed E-state index contributed by atoms with van der Waals surface area (Å²) in [4.78, 5) is 210. The molecule has 8 amide bonds. The van der Waals surface area contributed by atoms with E-state index < -0.39 is 180 Å². The number of alkyl carbamates (subject to hydrolysis) is 3. The molecule has 0 aliphatic carbocycles. The average Bonchev–Trinajstić information content (AvgIpc) is 1.10. The van der Waals surface area contributed by atoms with Gasteiger partial charge >= 0.3 is 66.0 Å². The van der Waals surface area contributed by atoms with Gasteiger partial charge in [-0.15, -0.1) is 0 Å². The second kappa shape index (κ2) is 75.3. The van der Waals surface area contributed by atoms with Crippen LogP contribution in [0, 0.1) is 11.8 Å². The van der Waals surface area contributed by atoms with Gasteiger partial charge in [-0.05, 0) is 150 Å². The van der Waals surface area contributed by atoms with E-state index in [4.69, 9.17) is 74.3 Å². The first-order chi connectivity index (χ1) is 69.3. The number of cyclic esters (lactones) is 6. The minimum absolute atomic E-state index is 0.0187. The number of carboxylic acids is 2. The van der Waals surface area contributed by atoms with Crippen molar-refractivity contribution < 1.29 is 182 Å². The average molecular weight is 2110 g/mol. The van der Waals surface area contributed by atoms with Crippen molar-refractivity contribution in [2.75, 3.05) is 78.9 Å². The van der Waals surface area contributed by atoms with Crippen LogP contribution in [0.15, 0.2) is 125 Å². The molecule has 0 bridgehead atoms. The molecule has 3 saturated heterocycles. The van der Waals surface area contributed by atoms with E-state index in [-0.39, 0.29) is 63.9 Å². The number of benzene rings is 4. The molecule has 4 aromatic rings. The lowest BCUT2D eigenvalue weighted by Crippen LogP contribution is -2.68. The van der Waals surface area contributed by atoms with Crippen molar-refractivity contribution in [3.05, 3.63) is 163 Å². The summed E-state index contributed by atoms with van der Waals surface area (Å²) in [6, 6.07) is 27.9. The smallest absolute Gasteiger partial charge is 0.415 e. The second-order valence-corrected chi connectivity index (χ2v) is 34.6. The normalized spacial score (nSPS) is 14.2. The van der Waals surface area contributed by atoms with E-state index in [0.29, 0.717) is 89.2 Å². The van der Waals surface area contributed by atoms with Crippen molar-refractivity contribution in [3.63, 3.8) is 0 Å². The van der Waals surface area contributed by atoms with Gasteiger partial charge in [0.1, 0.15) is 96.1 Å². The number of hydrogen-bond acceptors (Lipinski definition) is 35. The Kier molecular flexibility index (Phi) is 68.5. The van der Waals surface area contributed by atoms with Gasteiger partial charge in [-0.3, -0.25) is 47.9 Å². The fourth-order valence-corrected chi connectivity index (χ4v) is 11.0. The molecule has 4 aromatic carbocycles. The maximum Gasteiger partial charge on any atom is 0.415 e. The number of amides is 8. The predicted octanol–water partition coefficient (Wildman–Crippen LogP) is 4.39. The van der Waals surface area contributed by atoms with Gasteiger partial charge in [-0.25, -0.2) is 46.3 Å². The lowest BCUT2D eigenvalue weighted by molar-refractivity contribution is -0.403. The molecule has 3 aliphatic heterocycles. The van der Waals surface area contributed by atoms with E-state index in [2.05, 4.69) is 103 Å². The van der Waals surface area contributed by atoms with Gasteiger partial charge in [0.2, 0.25) is 23.6 Å². The third kappa shape index (κ3) is 72.8. The number of halogens is 4. The minimum atomic E-state index is -3.34. The predicted molar refractivity (Wildman–Crippen MR) is 508 cm³/mol. The van der Waals surface area contributed by atoms with E-state index >= 15 is 0 Å². The van der Waals surface area contributed by atoms with Crippen LogP contribution in [-0.2, 0) is 145 Å². The number of nitrogens with one attached hydrogen (secondary N) is 8. The van der Waals surface area contributed by atoms with Crippen LogP contribution < -0.4 is 73.7 Å². The molecule has 0 unspecified atom stereocenters. The summed E-state index contributed by atoms with van der Waals surface area (Å²) in [6.45, 7) is 31.6. The number of carbonyl (C=O) groups excluding carboxylic acids is 18. The Morgan fingerprint density at radius 1 is 0.453 bits per heavy atom. The Morgan fingerprint density at radius 2 is 0.818 bits per heavy atom. The summed E-state index contributed by atoms with van der Waals surface area (Å²) < 4.78 is 101. The van der Waals surface area contributed by atoms with E-state index in [0.717, 1.165) is 29.0 Å². The monoisotopic (exact) mass is 2100 g/mol. The van der Waals surface area contributed by atoms with Gasteiger partial charge in [-0.1, -0.05) is 128 Å². The highest BCUT2D eigenvalue weighted by molar-refractivity contribution is 5.99.